The molecule has 2 aromatic heterocycles. The number of rotatable bonds is 3. The number of carbonyl (C=O) groups excluding carboxylic acids is 1. The van der Waals surface area contributed by atoms with E-state index in [4.69, 9.17) is 4.74 Å². The largest absolute Gasteiger partial charge is 0.466 e. The van der Waals surface area contributed by atoms with Crippen molar-refractivity contribution in [2.45, 2.75) is 13.3 Å². The molecule has 0 spiro atoms. The quantitative estimate of drug-likeness (QED) is 0.743. The number of aromatic nitrogens is 2. The maximum Gasteiger partial charge on any atom is 0.312 e. The molecule has 15 heavy (non-hydrogen) atoms. The van der Waals surface area contributed by atoms with Gasteiger partial charge in [0.25, 0.3) is 0 Å². The topological polar surface area (TPSA) is 52.1 Å². The molecule has 0 aromatic carbocycles. The molecule has 4 nitrogen and oxygen atoms in total. The van der Waals surface area contributed by atoms with Crippen molar-refractivity contribution in [3.63, 3.8) is 0 Å². The van der Waals surface area contributed by atoms with Crippen molar-refractivity contribution < 1.29 is 9.53 Å². The number of esters is 1. The highest BCUT2D eigenvalue weighted by molar-refractivity contribution is 7.18. The van der Waals surface area contributed by atoms with Crippen LogP contribution in [0.25, 0.3) is 10.3 Å². The van der Waals surface area contributed by atoms with E-state index >= 15 is 0 Å². The first-order valence-corrected chi connectivity index (χ1v) is 5.47. The molecule has 0 fully saturated rings. The minimum absolute atomic E-state index is 0.231. The lowest BCUT2D eigenvalue weighted by Gasteiger charge is -1.97. The predicted octanol–water partition coefficient (Wildman–Crippen LogP) is 1.80. The zero-order valence-corrected chi connectivity index (χ0v) is 9.08. The molecule has 78 valence electrons. The zero-order chi connectivity index (χ0) is 10.7. The summed E-state index contributed by atoms with van der Waals surface area (Å²) in [5.74, 6) is -0.239. The van der Waals surface area contributed by atoms with E-state index in [-0.39, 0.29) is 12.4 Å². The fraction of sp³-hybridized carbons (Fsp3) is 0.300. The van der Waals surface area contributed by atoms with Gasteiger partial charge in [0, 0.05) is 6.20 Å². The standard InChI is InChI=1S/C10H10N2O2S/c1-2-14-9(13)6-8-12-10-7(15-8)4-3-5-11-10/h3-5H,2,6H2,1H3. The average molecular weight is 222 g/mol. The Kier molecular flexibility index (Phi) is 2.91. The lowest BCUT2D eigenvalue weighted by atomic mass is 10.4. The summed E-state index contributed by atoms with van der Waals surface area (Å²) >= 11 is 1.48. The second kappa shape index (κ2) is 4.35. The molecule has 2 rings (SSSR count). The molecule has 0 aliphatic heterocycles. The van der Waals surface area contributed by atoms with Gasteiger partial charge in [-0.15, -0.1) is 11.3 Å². The van der Waals surface area contributed by atoms with Gasteiger partial charge in [-0.25, -0.2) is 9.97 Å². The minimum atomic E-state index is -0.239. The van der Waals surface area contributed by atoms with Gasteiger partial charge in [-0.2, -0.15) is 0 Å². The van der Waals surface area contributed by atoms with Crippen LogP contribution in [-0.2, 0) is 16.0 Å². The van der Waals surface area contributed by atoms with E-state index in [1.54, 1.807) is 13.1 Å². The van der Waals surface area contributed by atoms with Crippen LogP contribution in [0.1, 0.15) is 11.9 Å². The molecule has 0 aliphatic rings. The van der Waals surface area contributed by atoms with Crippen LogP contribution in [0, 0.1) is 0 Å². The van der Waals surface area contributed by atoms with Gasteiger partial charge >= 0.3 is 5.97 Å². The maximum atomic E-state index is 11.2. The summed E-state index contributed by atoms with van der Waals surface area (Å²) in [5.41, 5.74) is 0.696. The second-order valence-corrected chi connectivity index (χ2v) is 4.03. The summed E-state index contributed by atoms with van der Waals surface area (Å²) < 4.78 is 5.85. The monoisotopic (exact) mass is 222 g/mol. The van der Waals surface area contributed by atoms with E-state index in [1.807, 2.05) is 12.1 Å². The smallest absolute Gasteiger partial charge is 0.312 e. The zero-order valence-electron chi connectivity index (χ0n) is 8.27. The van der Waals surface area contributed by atoms with Gasteiger partial charge in [0.2, 0.25) is 0 Å². The van der Waals surface area contributed by atoms with Crippen molar-refractivity contribution >= 4 is 27.7 Å². The summed E-state index contributed by atoms with van der Waals surface area (Å²) in [6, 6.07) is 3.79. The average Bonchev–Trinajstić information content (AvgIpc) is 2.59. The maximum absolute atomic E-state index is 11.2. The SMILES string of the molecule is CCOC(=O)Cc1nc2ncccc2s1. The predicted molar refractivity (Wildman–Crippen MR) is 57.8 cm³/mol. The van der Waals surface area contributed by atoms with Crippen LogP contribution in [0.5, 0.6) is 0 Å². The second-order valence-electron chi connectivity index (χ2n) is 2.91. The first-order valence-electron chi connectivity index (χ1n) is 4.65. The fourth-order valence-corrected chi connectivity index (χ4v) is 2.14. The molecule has 2 heterocycles. The number of carbonyl (C=O) groups is 1. The Morgan fingerprint density at radius 1 is 1.60 bits per heavy atom. The van der Waals surface area contributed by atoms with Crippen molar-refractivity contribution in [2.75, 3.05) is 6.61 Å². The molecule has 0 saturated carbocycles. The molecule has 0 unspecified atom stereocenters. The summed E-state index contributed by atoms with van der Waals surface area (Å²) in [6.45, 7) is 2.19. The highest BCUT2D eigenvalue weighted by Gasteiger charge is 2.09. The number of hydrogen-bond donors (Lipinski definition) is 0. The molecule has 2 aromatic rings. The summed E-state index contributed by atoms with van der Waals surface area (Å²) in [4.78, 5) is 19.6. The molecule has 0 amide bonds. The van der Waals surface area contributed by atoms with E-state index in [1.165, 1.54) is 11.3 Å². The number of fused-ring (bicyclic) bond motifs is 1. The Bertz CT molecular complexity index is 448. The number of ether oxygens (including phenoxy) is 1. The van der Waals surface area contributed by atoms with Crippen molar-refractivity contribution in [3.8, 4) is 0 Å². The van der Waals surface area contributed by atoms with E-state index < -0.39 is 0 Å². The van der Waals surface area contributed by atoms with Crippen LogP contribution in [0.2, 0.25) is 0 Å². The first kappa shape index (κ1) is 10.0. The number of thiazole rings is 1. The van der Waals surface area contributed by atoms with Crippen LogP contribution in [-0.4, -0.2) is 22.5 Å². The molecule has 0 bridgehead atoms. The first-order chi connectivity index (χ1) is 7.29. The van der Waals surface area contributed by atoms with Gasteiger partial charge in [-0.3, -0.25) is 4.79 Å². The third-order valence-electron chi connectivity index (χ3n) is 1.81. The van der Waals surface area contributed by atoms with Gasteiger partial charge in [0.15, 0.2) is 5.65 Å². The highest BCUT2D eigenvalue weighted by atomic mass is 32.1. The summed E-state index contributed by atoms with van der Waals surface area (Å²) in [5, 5.41) is 0.752. The molecule has 0 aliphatic carbocycles. The Balaban J connectivity index is 2.18. The van der Waals surface area contributed by atoms with Crippen LogP contribution in [0.15, 0.2) is 18.3 Å². The van der Waals surface area contributed by atoms with E-state index in [0.717, 1.165) is 9.71 Å². The molecule has 5 heteroatoms. The van der Waals surface area contributed by atoms with Crippen LogP contribution < -0.4 is 0 Å². The minimum Gasteiger partial charge on any atom is -0.466 e. The van der Waals surface area contributed by atoms with Gasteiger partial charge in [0.1, 0.15) is 5.01 Å². The molecule has 0 radical (unpaired) electrons. The number of nitrogens with zero attached hydrogens (tertiary/aromatic N) is 2. The Labute approximate surface area is 90.9 Å². The van der Waals surface area contributed by atoms with Gasteiger partial charge < -0.3 is 4.74 Å². The van der Waals surface area contributed by atoms with Crippen molar-refractivity contribution in [3.05, 3.63) is 23.3 Å². The third-order valence-corrected chi connectivity index (χ3v) is 2.82. The summed E-state index contributed by atoms with van der Waals surface area (Å²) in [7, 11) is 0. The molecule has 0 N–H and O–H groups in total. The van der Waals surface area contributed by atoms with Crippen molar-refractivity contribution in [2.24, 2.45) is 0 Å². The Morgan fingerprint density at radius 2 is 2.47 bits per heavy atom. The van der Waals surface area contributed by atoms with Crippen LogP contribution in [0.3, 0.4) is 0 Å². The van der Waals surface area contributed by atoms with Crippen molar-refractivity contribution in [1.29, 1.82) is 0 Å². The van der Waals surface area contributed by atoms with Crippen LogP contribution in [0.4, 0.5) is 0 Å². The van der Waals surface area contributed by atoms with Gasteiger partial charge in [-0.1, -0.05) is 0 Å². The van der Waals surface area contributed by atoms with Crippen LogP contribution >= 0.6 is 11.3 Å². The van der Waals surface area contributed by atoms with E-state index in [0.29, 0.717) is 12.3 Å². The lowest BCUT2D eigenvalue weighted by molar-refractivity contribution is -0.142. The lowest BCUT2D eigenvalue weighted by Crippen LogP contribution is -2.06. The Morgan fingerprint density at radius 3 is 3.20 bits per heavy atom. The van der Waals surface area contributed by atoms with Gasteiger partial charge in [0.05, 0.1) is 17.7 Å². The normalized spacial score (nSPS) is 10.5. The van der Waals surface area contributed by atoms with E-state index in [9.17, 15) is 4.79 Å². The molecular formula is C10H10N2O2S. The Hall–Kier alpha value is -1.49. The fourth-order valence-electron chi connectivity index (χ4n) is 1.22. The molecule has 0 saturated heterocycles. The third kappa shape index (κ3) is 2.30. The molecule has 0 atom stereocenters. The highest BCUT2D eigenvalue weighted by Crippen LogP contribution is 2.20. The van der Waals surface area contributed by atoms with E-state index in [2.05, 4.69) is 9.97 Å². The van der Waals surface area contributed by atoms with Gasteiger partial charge in [-0.05, 0) is 19.1 Å². The molecular weight excluding hydrogens is 212 g/mol. The number of pyridine rings is 1. The van der Waals surface area contributed by atoms with Crippen molar-refractivity contribution in [1.82, 2.24) is 9.97 Å². The number of hydrogen-bond acceptors (Lipinski definition) is 5. The summed E-state index contributed by atoms with van der Waals surface area (Å²) in [6.07, 6.45) is 1.92.